The van der Waals surface area contributed by atoms with Gasteiger partial charge in [-0.25, -0.2) is 0 Å². The number of amides is 2. The summed E-state index contributed by atoms with van der Waals surface area (Å²) in [6.45, 7) is 2.65. The number of carbonyl (C=O) groups is 2. The van der Waals surface area contributed by atoms with Gasteiger partial charge in [-0.2, -0.15) is 0 Å². The molecule has 0 aromatic heterocycles. The Morgan fingerprint density at radius 3 is 2.35 bits per heavy atom. The summed E-state index contributed by atoms with van der Waals surface area (Å²) < 4.78 is 4.92. The molecule has 0 rings (SSSR count). The molecule has 2 amide bonds. The maximum absolute atomic E-state index is 11.9. The normalized spacial score (nSPS) is 12.1. The van der Waals surface area contributed by atoms with Crippen LogP contribution in [0.3, 0.4) is 0 Å². The standard InChI is InChI=1S/C11H23N3O3/c1-5-9(12)11(16)14(6-7-17-4)8-10(15)13(2)3/h9H,5-8,12H2,1-4H3/t9-/m1/s1. The summed E-state index contributed by atoms with van der Waals surface area (Å²) in [5, 5.41) is 0. The second-order valence-electron chi connectivity index (χ2n) is 4.06. The van der Waals surface area contributed by atoms with E-state index in [0.717, 1.165) is 0 Å². The smallest absolute Gasteiger partial charge is 0.241 e. The monoisotopic (exact) mass is 245 g/mol. The lowest BCUT2D eigenvalue weighted by atomic mass is 10.2. The number of carbonyl (C=O) groups excluding carboxylic acids is 2. The molecule has 0 unspecified atom stereocenters. The van der Waals surface area contributed by atoms with Crippen molar-refractivity contribution in [3.05, 3.63) is 0 Å². The molecule has 100 valence electrons. The van der Waals surface area contributed by atoms with Crippen molar-refractivity contribution in [3.8, 4) is 0 Å². The number of hydrogen-bond acceptors (Lipinski definition) is 4. The van der Waals surface area contributed by atoms with Gasteiger partial charge in [-0.1, -0.05) is 6.92 Å². The molecule has 0 aromatic rings. The Morgan fingerprint density at radius 2 is 1.94 bits per heavy atom. The van der Waals surface area contributed by atoms with E-state index >= 15 is 0 Å². The second kappa shape index (κ2) is 8.03. The van der Waals surface area contributed by atoms with Crippen LogP contribution < -0.4 is 5.73 Å². The number of rotatable bonds is 7. The molecule has 0 spiro atoms. The van der Waals surface area contributed by atoms with Crippen molar-refractivity contribution >= 4 is 11.8 Å². The summed E-state index contributed by atoms with van der Waals surface area (Å²) in [4.78, 5) is 26.4. The van der Waals surface area contributed by atoms with Gasteiger partial charge in [0.1, 0.15) is 0 Å². The fourth-order valence-corrected chi connectivity index (χ4v) is 1.18. The van der Waals surface area contributed by atoms with Gasteiger partial charge in [-0.15, -0.1) is 0 Å². The Hall–Kier alpha value is -1.14. The third-order valence-electron chi connectivity index (χ3n) is 2.46. The van der Waals surface area contributed by atoms with Crippen LogP contribution in [0.1, 0.15) is 13.3 Å². The molecule has 0 saturated carbocycles. The highest BCUT2D eigenvalue weighted by Crippen LogP contribution is 1.98. The number of hydrogen-bond donors (Lipinski definition) is 1. The molecule has 0 aromatic carbocycles. The molecule has 2 N–H and O–H groups in total. The maximum atomic E-state index is 11.9. The molecule has 0 radical (unpaired) electrons. The first kappa shape index (κ1) is 15.9. The van der Waals surface area contributed by atoms with E-state index in [2.05, 4.69) is 0 Å². The van der Waals surface area contributed by atoms with Gasteiger partial charge in [0, 0.05) is 27.7 Å². The molecule has 0 aliphatic heterocycles. The zero-order valence-electron chi connectivity index (χ0n) is 11.1. The van der Waals surface area contributed by atoms with E-state index in [-0.39, 0.29) is 18.4 Å². The van der Waals surface area contributed by atoms with Gasteiger partial charge < -0.3 is 20.3 Å². The quantitative estimate of drug-likeness (QED) is 0.642. The van der Waals surface area contributed by atoms with Gasteiger partial charge in [0.15, 0.2) is 0 Å². The topological polar surface area (TPSA) is 75.9 Å². The minimum absolute atomic E-state index is 0.0445. The van der Waals surface area contributed by atoms with Crippen LogP contribution in [0.5, 0.6) is 0 Å². The van der Waals surface area contributed by atoms with Crippen LogP contribution in [-0.2, 0) is 14.3 Å². The van der Waals surface area contributed by atoms with Gasteiger partial charge in [0.05, 0.1) is 19.2 Å². The van der Waals surface area contributed by atoms with Gasteiger partial charge in [-0.05, 0) is 6.42 Å². The number of methoxy groups -OCH3 is 1. The van der Waals surface area contributed by atoms with E-state index in [1.54, 1.807) is 21.2 Å². The van der Waals surface area contributed by atoms with Crippen LogP contribution >= 0.6 is 0 Å². The Morgan fingerprint density at radius 1 is 1.35 bits per heavy atom. The van der Waals surface area contributed by atoms with Gasteiger partial charge in [0.25, 0.3) is 0 Å². The number of nitrogens with zero attached hydrogens (tertiary/aromatic N) is 2. The third kappa shape index (κ3) is 5.65. The van der Waals surface area contributed by atoms with Crippen LogP contribution in [0, 0.1) is 0 Å². The molecule has 6 nitrogen and oxygen atoms in total. The lowest BCUT2D eigenvalue weighted by molar-refractivity contribution is -0.140. The number of likely N-dealkylation sites (N-methyl/N-ethyl adjacent to an activating group) is 1. The summed E-state index contributed by atoms with van der Waals surface area (Å²) in [6.07, 6.45) is 0.554. The molecular formula is C11H23N3O3. The first-order chi connectivity index (χ1) is 7.93. The van der Waals surface area contributed by atoms with E-state index in [9.17, 15) is 9.59 Å². The zero-order chi connectivity index (χ0) is 13.4. The molecule has 17 heavy (non-hydrogen) atoms. The van der Waals surface area contributed by atoms with Crippen LogP contribution in [-0.4, -0.2) is 68.6 Å². The molecule has 0 heterocycles. The number of ether oxygens (including phenoxy) is 1. The Balaban J connectivity index is 4.52. The first-order valence-corrected chi connectivity index (χ1v) is 5.67. The van der Waals surface area contributed by atoms with Crippen LogP contribution in [0.2, 0.25) is 0 Å². The predicted molar refractivity (Wildman–Crippen MR) is 65.4 cm³/mol. The van der Waals surface area contributed by atoms with Crippen molar-refractivity contribution < 1.29 is 14.3 Å². The highest BCUT2D eigenvalue weighted by molar-refractivity contribution is 5.87. The molecule has 0 aliphatic rings. The molecule has 1 atom stereocenters. The van der Waals surface area contributed by atoms with E-state index < -0.39 is 6.04 Å². The molecule has 0 fully saturated rings. The summed E-state index contributed by atoms with van der Waals surface area (Å²) >= 11 is 0. The SMILES string of the molecule is CC[C@@H](N)C(=O)N(CCOC)CC(=O)N(C)C. The van der Waals surface area contributed by atoms with Crippen LogP contribution in [0.4, 0.5) is 0 Å². The first-order valence-electron chi connectivity index (χ1n) is 5.67. The molecule has 0 bridgehead atoms. The van der Waals surface area contributed by atoms with Crippen molar-refractivity contribution in [2.45, 2.75) is 19.4 Å². The van der Waals surface area contributed by atoms with Crippen molar-refractivity contribution in [2.24, 2.45) is 5.73 Å². The average Bonchev–Trinajstić information content (AvgIpc) is 2.31. The third-order valence-corrected chi connectivity index (χ3v) is 2.46. The molecular weight excluding hydrogens is 222 g/mol. The van der Waals surface area contributed by atoms with Crippen molar-refractivity contribution in [1.29, 1.82) is 0 Å². The highest BCUT2D eigenvalue weighted by atomic mass is 16.5. The largest absolute Gasteiger partial charge is 0.383 e. The second-order valence-corrected chi connectivity index (χ2v) is 4.06. The average molecular weight is 245 g/mol. The molecule has 0 saturated heterocycles. The lowest BCUT2D eigenvalue weighted by Crippen LogP contribution is -2.48. The predicted octanol–water partition coefficient (Wildman–Crippen LogP) is -0.713. The van der Waals surface area contributed by atoms with E-state index in [0.29, 0.717) is 19.6 Å². The summed E-state index contributed by atoms with van der Waals surface area (Å²) in [5.41, 5.74) is 5.68. The zero-order valence-corrected chi connectivity index (χ0v) is 11.1. The van der Waals surface area contributed by atoms with Crippen molar-refractivity contribution in [1.82, 2.24) is 9.80 Å². The Bertz CT molecular complexity index is 256. The molecule has 6 heteroatoms. The van der Waals surface area contributed by atoms with Gasteiger partial charge in [0.2, 0.25) is 11.8 Å². The number of nitrogens with two attached hydrogens (primary N) is 1. The van der Waals surface area contributed by atoms with Crippen LogP contribution in [0.15, 0.2) is 0 Å². The Kier molecular flexibility index (Phi) is 7.49. The highest BCUT2D eigenvalue weighted by Gasteiger charge is 2.22. The van der Waals surface area contributed by atoms with Crippen molar-refractivity contribution in [3.63, 3.8) is 0 Å². The Labute approximate surface area is 103 Å². The summed E-state index contributed by atoms with van der Waals surface area (Å²) in [5.74, 6) is -0.336. The van der Waals surface area contributed by atoms with E-state index in [1.165, 1.54) is 9.80 Å². The summed E-state index contributed by atoms with van der Waals surface area (Å²) in [6, 6.07) is -0.554. The molecule has 0 aliphatic carbocycles. The van der Waals surface area contributed by atoms with Crippen molar-refractivity contribution in [2.75, 3.05) is 40.9 Å². The van der Waals surface area contributed by atoms with Gasteiger partial charge in [-0.3, -0.25) is 9.59 Å². The van der Waals surface area contributed by atoms with Gasteiger partial charge >= 0.3 is 0 Å². The maximum Gasteiger partial charge on any atom is 0.241 e. The summed E-state index contributed by atoms with van der Waals surface area (Å²) in [7, 11) is 4.86. The fourth-order valence-electron chi connectivity index (χ4n) is 1.18. The lowest BCUT2D eigenvalue weighted by Gasteiger charge is -2.25. The van der Waals surface area contributed by atoms with E-state index in [4.69, 9.17) is 10.5 Å². The minimum Gasteiger partial charge on any atom is -0.383 e. The van der Waals surface area contributed by atoms with Crippen LogP contribution in [0.25, 0.3) is 0 Å². The van der Waals surface area contributed by atoms with E-state index in [1.807, 2.05) is 6.92 Å². The minimum atomic E-state index is -0.554. The fraction of sp³-hybridized carbons (Fsp3) is 0.818.